The van der Waals surface area contributed by atoms with Crippen LogP contribution in [-0.4, -0.2) is 34.5 Å². The summed E-state index contributed by atoms with van der Waals surface area (Å²) >= 11 is 5.70. The molecule has 0 aromatic carbocycles. The number of esters is 1. The first-order valence-electron chi connectivity index (χ1n) is 5.18. The summed E-state index contributed by atoms with van der Waals surface area (Å²) in [5, 5.41) is 2.47. The van der Waals surface area contributed by atoms with Crippen molar-refractivity contribution >= 4 is 29.4 Å². The van der Waals surface area contributed by atoms with Crippen molar-refractivity contribution < 1.29 is 14.3 Å². The SMILES string of the molecule is CCOC(=O)C(N)C(=O)Nc1nc(C)cc(Cl)n1. The Labute approximate surface area is 109 Å². The Morgan fingerprint density at radius 1 is 1.56 bits per heavy atom. The first-order chi connectivity index (χ1) is 8.43. The van der Waals surface area contributed by atoms with Crippen LogP contribution in [0.2, 0.25) is 5.15 Å². The number of anilines is 1. The predicted octanol–water partition coefficient (Wildman–Crippen LogP) is 0.267. The predicted molar refractivity (Wildman–Crippen MR) is 65.0 cm³/mol. The molecular weight excluding hydrogens is 260 g/mol. The van der Waals surface area contributed by atoms with Gasteiger partial charge in [0.25, 0.3) is 5.91 Å². The summed E-state index contributed by atoms with van der Waals surface area (Å²) in [5.74, 6) is -1.58. The van der Waals surface area contributed by atoms with Crippen LogP contribution in [0, 0.1) is 6.92 Å². The molecule has 1 amide bonds. The van der Waals surface area contributed by atoms with E-state index in [1.807, 2.05) is 0 Å². The number of nitrogens with two attached hydrogens (primary N) is 1. The molecule has 0 fully saturated rings. The van der Waals surface area contributed by atoms with E-state index in [1.165, 1.54) is 6.07 Å². The van der Waals surface area contributed by atoms with Crippen LogP contribution in [0.4, 0.5) is 5.95 Å². The van der Waals surface area contributed by atoms with Gasteiger partial charge in [-0.2, -0.15) is 0 Å². The third-order valence-electron chi connectivity index (χ3n) is 1.88. The maximum absolute atomic E-state index is 11.6. The lowest BCUT2D eigenvalue weighted by Gasteiger charge is -2.10. The lowest BCUT2D eigenvalue weighted by atomic mass is 10.3. The Bertz CT molecular complexity index is 446. The molecule has 0 saturated carbocycles. The molecule has 0 spiro atoms. The Balaban J connectivity index is 2.72. The first kappa shape index (κ1) is 14.3. The molecule has 98 valence electrons. The summed E-state index contributed by atoms with van der Waals surface area (Å²) in [4.78, 5) is 30.5. The van der Waals surface area contributed by atoms with Crippen molar-refractivity contribution in [3.63, 3.8) is 0 Å². The van der Waals surface area contributed by atoms with Crippen molar-refractivity contribution in [3.8, 4) is 0 Å². The van der Waals surface area contributed by atoms with Crippen LogP contribution in [0.5, 0.6) is 0 Å². The van der Waals surface area contributed by atoms with Gasteiger partial charge in [0.15, 0.2) is 6.04 Å². The van der Waals surface area contributed by atoms with Gasteiger partial charge in [0.05, 0.1) is 6.61 Å². The van der Waals surface area contributed by atoms with E-state index >= 15 is 0 Å². The highest BCUT2D eigenvalue weighted by molar-refractivity contribution is 6.29. The van der Waals surface area contributed by atoms with E-state index in [2.05, 4.69) is 20.0 Å². The van der Waals surface area contributed by atoms with Crippen molar-refractivity contribution in [1.29, 1.82) is 0 Å². The summed E-state index contributed by atoms with van der Waals surface area (Å²) in [7, 11) is 0. The molecule has 1 atom stereocenters. The number of hydrogen-bond donors (Lipinski definition) is 2. The number of carbonyl (C=O) groups is 2. The van der Waals surface area contributed by atoms with E-state index in [4.69, 9.17) is 17.3 Å². The molecule has 0 aliphatic rings. The van der Waals surface area contributed by atoms with Gasteiger partial charge in [0.1, 0.15) is 5.15 Å². The Hall–Kier alpha value is -1.73. The average molecular weight is 273 g/mol. The topological polar surface area (TPSA) is 107 Å². The van der Waals surface area contributed by atoms with Gasteiger partial charge in [-0.3, -0.25) is 10.1 Å². The van der Waals surface area contributed by atoms with Crippen LogP contribution < -0.4 is 11.1 Å². The molecule has 0 aliphatic carbocycles. The van der Waals surface area contributed by atoms with Crippen molar-refractivity contribution in [1.82, 2.24) is 9.97 Å². The fraction of sp³-hybridized carbons (Fsp3) is 0.400. The molecule has 1 aromatic rings. The second-order valence-corrected chi connectivity index (χ2v) is 3.76. The molecule has 0 saturated heterocycles. The van der Waals surface area contributed by atoms with Crippen molar-refractivity contribution in [2.45, 2.75) is 19.9 Å². The van der Waals surface area contributed by atoms with Crippen molar-refractivity contribution in [2.24, 2.45) is 5.73 Å². The van der Waals surface area contributed by atoms with Gasteiger partial charge in [0, 0.05) is 5.69 Å². The smallest absolute Gasteiger partial charge is 0.332 e. The molecule has 18 heavy (non-hydrogen) atoms. The van der Waals surface area contributed by atoms with Crippen LogP contribution >= 0.6 is 11.6 Å². The van der Waals surface area contributed by atoms with Crippen LogP contribution in [0.3, 0.4) is 0 Å². The van der Waals surface area contributed by atoms with Gasteiger partial charge in [-0.1, -0.05) is 11.6 Å². The number of nitrogens with one attached hydrogen (secondary N) is 1. The number of hydrogen-bond acceptors (Lipinski definition) is 6. The number of nitrogens with zero attached hydrogens (tertiary/aromatic N) is 2. The summed E-state index contributed by atoms with van der Waals surface area (Å²) in [6.45, 7) is 3.45. The number of halogens is 1. The Morgan fingerprint density at radius 3 is 2.78 bits per heavy atom. The molecular formula is C10H13ClN4O3. The largest absolute Gasteiger partial charge is 0.464 e. The van der Waals surface area contributed by atoms with Crippen molar-refractivity contribution in [2.75, 3.05) is 11.9 Å². The number of ether oxygens (including phenoxy) is 1. The van der Waals surface area contributed by atoms with Gasteiger partial charge in [-0.15, -0.1) is 0 Å². The number of amides is 1. The second-order valence-electron chi connectivity index (χ2n) is 3.37. The zero-order chi connectivity index (χ0) is 13.7. The number of aryl methyl sites for hydroxylation is 1. The van der Waals surface area contributed by atoms with Gasteiger partial charge in [-0.05, 0) is 19.9 Å². The quantitative estimate of drug-likeness (QED) is 0.463. The fourth-order valence-corrected chi connectivity index (χ4v) is 1.35. The maximum atomic E-state index is 11.6. The molecule has 1 heterocycles. The molecule has 8 heteroatoms. The normalized spacial score (nSPS) is 11.8. The van der Waals surface area contributed by atoms with Crippen molar-refractivity contribution in [3.05, 3.63) is 16.9 Å². The summed E-state index contributed by atoms with van der Waals surface area (Å²) in [6.07, 6.45) is 0. The number of rotatable bonds is 4. The second kappa shape index (κ2) is 6.27. The highest BCUT2D eigenvalue weighted by Gasteiger charge is 2.24. The van der Waals surface area contributed by atoms with E-state index < -0.39 is 17.9 Å². The zero-order valence-electron chi connectivity index (χ0n) is 9.94. The van der Waals surface area contributed by atoms with Gasteiger partial charge < -0.3 is 10.5 Å². The highest BCUT2D eigenvalue weighted by Crippen LogP contribution is 2.09. The third-order valence-corrected chi connectivity index (χ3v) is 2.07. The van der Waals surface area contributed by atoms with Gasteiger partial charge >= 0.3 is 5.97 Å². The van der Waals surface area contributed by atoms with E-state index in [0.29, 0.717) is 5.69 Å². The summed E-state index contributed by atoms with van der Waals surface area (Å²) < 4.78 is 4.62. The lowest BCUT2D eigenvalue weighted by Crippen LogP contribution is -2.43. The molecule has 0 radical (unpaired) electrons. The zero-order valence-corrected chi connectivity index (χ0v) is 10.7. The number of carbonyl (C=O) groups excluding carboxylic acids is 2. The Kier molecular flexibility index (Phi) is 4.99. The van der Waals surface area contributed by atoms with Crippen LogP contribution in [0.15, 0.2) is 6.07 Å². The van der Waals surface area contributed by atoms with E-state index in [1.54, 1.807) is 13.8 Å². The molecule has 1 unspecified atom stereocenters. The van der Waals surface area contributed by atoms with E-state index in [9.17, 15) is 9.59 Å². The monoisotopic (exact) mass is 272 g/mol. The first-order valence-corrected chi connectivity index (χ1v) is 5.56. The molecule has 1 rings (SSSR count). The number of aromatic nitrogens is 2. The van der Waals surface area contributed by atoms with Crippen LogP contribution in [0.25, 0.3) is 0 Å². The van der Waals surface area contributed by atoms with E-state index in [-0.39, 0.29) is 17.7 Å². The average Bonchev–Trinajstić information content (AvgIpc) is 2.26. The fourth-order valence-electron chi connectivity index (χ4n) is 1.11. The molecule has 0 bridgehead atoms. The summed E-state index contributed by atoms with van der Waals surface area (Å²) in [5.41, 5.74) is 5.97. The third kappa shape index (κ3) is 3.94. The maximum Gasteiger partial charge on any atom is 0.332 e. The van der Waals surface area contributed by atoms with Crippen LogP contribution in [0.1, 0.15) is 12.6 Å². The molecule has 7 nitrogen and oxygen atoms in total. The van der Waals surface area contributed by atoms with Gasteiger partial charge in [-0.25, -0.2) is 14.8 Å². The molecule has 1 aromatic heterocycles. The standard InChI is InChI=1S/C10H13ClN4O3/c1-3-18-9(17)7(12)8(16)15-10-13-5(2)4-6(11)14-10/h4,7H,3,12H2,1-2H3,(H,13,14,15,16). The van der Waals surface area contributed by atoms with E-state index in [0.717, 1.165) is 0 Å². The molecule has 3 N–H and O–H groups in total. The minimum absolute atomic E-state index is 0.00949. The minimum Gasteiger partial charge on any atom is -0.464 e. The highest BCUT2D eigenvalue weighted by atomic mass is 35.5. The lowest BCUT2D eigenvalue weighted by molar-refractivity contribution is -0.146. The Morgan fingerprint density at radius 2 is 2.22 bits per heavy atom. The molecule has 0 aliphatic heterocycles. The van der Waals surface area contributed by atoms with Crippen LogP contribution in [-0.2, 0) is 14.3 Å². The minimum atomic E-state index is -1.42. The van der Waals surface area contributed by atoms with Gasteiger partial charge in [0.2, 0.25) is 5.95 Å². The summed E-state index contributed by atoms with van der Waals surface area (Å²) in [6, 6.07) is 0.107.